The Morgan fingerprint density at radius 3 is 2.69 bits per heavy atom. The summed E-state index contributed by atoms with van der Waals surface area (Å²) in [6.45, 7) is 0. The molecule has 1 saturated carbocycles. The number of nitrogens with zero attached hydrogens (tertiary/aromatic N) is 1. The van der Waals surface area contributed by atoms with E-state index in [0.717, 1.165) is 19.3 Å². The van der Waals surface area contributed by atoms with Crippen molar-refractivity contribution < 1.29 is 9.18 Å². The number of rotatable bonds is 2. The molecule has 1 N–H and O–H groups in total. The van der Waals surface area contributed by atoms with Gasteiger partial charge in [0, 0.05) is 18.0 Å². The highest BCUT2D eigenvalue weighted by atomic mass is 19.1. The molecule has 1 amide bonds. The second-order valence-electron chi connectivity index (χ2n) is 4.12. The fourth-order valence-electron chi connectivity index (χ4n) is 2.00. The summed E-state index contributed by atoms with van der Waals surface area (Å²) >= 11 is 0. The lowest BCUT2D eigenvalue weighted by molar-refractivity contribution is 0.0884. The molecule has 4 heteroatoms. The van der Waals surface area contributed by atoms with Crippen molar-refractivity contribution in [3.8, 4) is 0 Å². The number of hydrogen-bond acceptors (Lipinski definition) is 2. The van der Waals surface area contributed by atoms with Crippen LogP contribution < -0.4 is 5.32 Å². The SMILES string of the molecule is O=C(N[C@H]1CCCC[C@@H]1F)c1ccncc1. The van der Waals surface area contributed by atoms with Crippen molar-refractivity contribution in [2.45, 2.75) is 37.9 Å². The lowest BCUT2D eigenvalue weighted by Crippen LogP contribution is -2.43. The maximum atomic E-state index is 13.5. The smallest absolute Gasteiger partial charge is 0.251 e. The number of aromatic nitrogens is 1. The number of hydrogen-bond donors (Lipinski definition) is 1. The van der Waals surface area contributed by atoms with E-state index in [2.05, 4.69) is 10.3 Å². The summed E-state index contributed by atoms with van der Waals surface area (Å²) in [5.41, 5.74) is 0.535. The van der Waals surface area contributed by atoms with Crippen LogP contribution in [0.5, 0.6) is 0 Å². The molecule has 2 rings (SSSR count). The second kappa shape index (κ2) is 5.05. The predicted octanol–water partition coefficient (Wildman–Crippen LogP) is 2.09. The zero-order valence-electron chi connectivity index (χ0n) is 9.03. The largest absolute Gasteiger partial charge is 0.346 e. The molecule has 0 radical (unpaired) electrons. The Hall–Kier alpha value is -1.45. The highest BCUT2D eigenvalue weighted by Gasteiger charge is 2.26. The van der Waals surface area contributed by atoms with Crippen LogP contribution in [0.25, 0.3) is 0 Å². The van der Waals surface area contributed by atoms with E-state index >= 15 is 0 Å². The summed E-state index contributed by atoms with van der Waals surface area (Å²) in [6, 6.07) is 2.94. The third-order valence-corrected chi connectivity index (χ3v) is 2.94. The number of nitrogens with one attached hydrogen (secondary N) is 1. The molecule has 86 valence electrons. The maximum Gasteiger partial charge on any atom is 0.251 e. The number of alkyl halides is 1. The molecule has 3 nitrogen and oxygen atoms in total. The van der Waals surface area contributed by atoms with E-state index < -0.39 is 6.17 Å². The molecule has 0 unspecified atom stereocenters. The first kappa shape index (κ1) is 11.0. The molecule has 1 aromatic heterocycles. The van der Waals surface area contributed by atoms with E-state index in [9.17, 15) is 9.18 Å². The average molecular weight is 222 g/mol. The van der Waals surface area contributed by atoms with Gasteiger partial charge in [0.15, 0.2) is 0 Å². The fraction of sp³-hybridized carbons (Fsp3) is 0.500. The third kappa shape index (κ3) is 2.56. The van der Waals surface area contributed by atoms with Gasteiger partial charge in [-0.3, -0.25) is 9.78 Å². The van der Waals surface area contributed by atoms with Crippen molar-refractivity contribution in [3.05, 3.63) is 30.1 Å². The average Bonchev–Trinajstić information content (AvgIpc) is 2.33. The first-order valence-corrected chi connectivity index (χ1v) is 5.62. The first-order chi connectivity index (χ1) is 7.77. The number of amides is 1. The molecule has 0 aliphatic heterocycles. The molecule has 1 aromatic rings. The third-order valence-electron chi connectivity index (χ3n) is 2.94. The lowest BCUT2D eigenvalue weighted by atomic mass is 9.93. The number of pyridine rings is 1. The Morgan fingerprint density at radius 2 is 2.00 bits per heavy atom. The van der Waals surface area contributed by atoms with Gasteiger partial charge in [0.1, 0.15) is 6.17 Å². The van der Waals surface area contributed by atoms with Crippen molar-refractivity contribution >= 4 is 5.91 Å². The van der Waals surface area contributed by atoms with Crippen molar-refractivity contribution in [2.24, 2.45) is 0 Å². The predicted molar refractivity (Wildman–Crippen MR) is 58.9 cm³/mol. The molecule has 1 heterocycles. The minimum atomic E-state index is -0.903. The van der Waals surface area contributed by atoms with Crippen molar-refractivity contribution in [3.63, 3.8) is 0 Å². The van der Waals surface area contributed by atoms with Gasteiger partial charge in [0.25, 0.3) is 5.91 Å². The summed E-state index contributed by atoms with van der Waals surface area (Å²) in [5, 5.41) is 2.74. The van der Waals surface area contributed by atoms with Crippen LogP contribution in [0.4, 0.5) is 4.39 Å². The molecule has 0 aromatic carbocycles. The standard InChI is InChI=1S/C12H15FN2O/c13-10-3-1-2-4-11(10)15-12(16)9-5-7-14-8-6-9/h5-8,10-11H,1-4H2,(H,15,16)/t10-,11-/m0/s1. The van der Waals surface area contributed by atoms with Gasteiger partial charge >= 0.3 is 0 Å². The zero-order chi connectivity index (χ0) is 11.4. The van der Waals surface area contributed by atoms with Crippen LogP contribution in [-0.2, 0) is 0 Å². The number of carbonyl (C=O) groups excluding carboxylic acids is 1. The molecule has 16 heavy (non-hydrogen) atoms. The molecule has 0 spiro atoms. The zero-order valence-corrected chi connectivity index (χ0v) is 9.03. The van der Waals surface area contributed by atoms with Gasteiger partial charge in [-0.25, -0.2) is 4.39 Å². The Balaban J connectivity index is 1.96. The van der Waals surface area contributed by atoms with Gasteiger partial charge in [-0.15, -0.1) is 0 Å². The van der Waals surface area contributed by atoms with E-state index in [0.29, 0.717) is 12.0 Å². The highest BCUT2D eigenvalue weighted by molar-refractivity contribution is 5.94. The lowest BCUT2D eigenvalue weighted by Gasteiger charge is -2.26. The molecule has 1 fully saturated rings. The van der Waals surface area contributed by atoms with E-state index in [1.54, 1.807) is 24.5 Å². The highest BCUT2D eigenvalue weighted by Crippen LogP contribution is 2.21. The molecular formula is C12H15FN2O. The summed E-state index contributed by atoms with van der Waals surface area (Å²) in [5.74, 6) is -0.211. The van der Waals surface area contributed by atoms with Crippen LogP contribution in [0, 0.1) is 0 Å². The fourth-order valence-corrected chi connectivity index (χ4v) is 2.00. The summed E-state index contributed by atoms with van der Waals surface area (Å²) in [7, 11) is 0. The molecule has 0 bridgehead atoms. The van der Waals surface area contributed by atoms with E-state index in [1.807, 2.05) is 0 Å². The van der Waals surface area contributed by atoms with Crippen LogP contribution in [0.2, 0.25) is 0 Å². The van der Waals surface area contributed by atoms with Crippen LogP contribution in [0.3, 0.4) is 0 Å². The van der Waals surface area contributed by atoms with Gasteiger partial charge in [0.2, 0.25) is 0 Å². The molecule has 1 aliphatic carbocycles. The summed E-state index contributed by atoms with van der Waals surface area (Å²) < 4.78 is 13.5. The van der Waals surface area contributed by atoms with Gasteiger partial charge in [-0.1, -0.05) is 12.8 Å². The van der Waals surface area contributed by atoms with Crippen molar-refractivity contribution in [1.29, 1.82) is 0 Å². The first-order valence-electron chi connectivity index (χ1n) is 5.62. The number of carbonyl (C=O) groups is 1. The molecular weight excluding hydrogens is 207 g/mol. The minimum absolute atomic E-state index is 0.211. The molecule has 2 atom stereocenters. The molecule has 1 aliphatic rings. The Kier molecular flexibility index (Phi) is 3.49. The summed E-state index contributed by atoms with van der Waals surface area (Å²) in [4.78, 5) is 15.6. The topological polar surface area (TPSA) is 42.0 Å². The van der Waals surface area contributed by atoms with Crippen LogP contribution >= 0.6 is 0 Å². The van der Waals surface area contributed by atoms with Gasteiger partial charge in [0.05, 0.1) is 6.04 Å². The molecule has 0 saturated heterocycles. The van der Waals surface area contributed by atoms with Gasteiger partial charge in [-0.2, -0.15) is 0 Å². The Bertz CT molecular complexity index is 355. The Labute approximate surface area is 94.1 Å². The van der Waals surface area contributed by atoms with E-state index in [4.69, 9.17) is 0 Å². The summed E-state index contributed by atoms with van der Waals surface area (Å²) in [6.07, 6.45) is 5.41. The van der Waals surface area contributed by atoms with E-state index in [-0.39, 0.29) is 11.9 Å². The Morgan fingerprint density at radius 1 is 1.31 bits per heavy atom. The van der Waals surface area contributed by atoms with Crippen molar-refractivity contribution in [2.75, 3.05) is 0 Å². The monoisotopic (exact) mass is 222 g/mol. The van der Waals surface area contributed by atoms with Crippen LogP contribution in [0.1, 0.15) is 36.0 Å². The van der Waals surface area contributed by atoms with E-state index in [1.165, 1.54) is 0 Å². The maximum absolute atomic E-state index is 13.5. The van der Waals surface area contributed by atoms with Crippen molar-refractivity contribution in [1.82, 2.24) is 10.3 Å². The van der Waals surface area contributed by atoms with Crippen LogP contribution in [0.15, 0.2) is 24.5 Å². The minimum Gasteiger partial charge on any atom is -0.346 e. The quantitative estimate of drug-likeness (QED) is 0.832. The normalized spacial score (nSPS) is 25.1. The second-order valence-corrected chi connectivity index (χ2v) is 4.12. The number of halogens is 1. The van der Waals surface area contributed by atoms with Gasteiger partial charge in [-0.05, 0) is 25.0 Å². The van der Waals surface area contributed by atoms with Crippen LogP contribution in [-0.4, -0.2) is 23.1 Å². The van der Waals surface area contributed by atoms with Gasteiger partial charge < -0.3 is 5.32 Å².